The fourth-order valence-corrected chi connectivity index (χ4v) is 5.78. The Morgan fingerprint density at radius 2 is 2.05 bits per heavy atom. The van der Waals surface area contributed by atoms with E-state index in [1.54, 1.807) is 0 Å². The molecule has 0 unspecified atom stereocenters. The van der Waals surface area contributed by atoms with Crippen molar-refractivity contribution in [2.45, 2.75) is 58.0 Å². The first kappa shape index (κ1) is 12.9. The molecule has 0 heterocycles. The molecular weight excluding hydrogens is 244 g/mol. The predicted molar refractivity (Wildman–Crippen MR) is 82.2 cm³/mol. The Morgan fingerprint density at radius 3 is 2.90 bits per heavy atom. The normalized spacial score (nSPS) is 53.0. The van der Waals surface area contributed by atoms with Crippen molar-refractivity contribution in [3.8, 4) is 0 Å². The Kier molecular flexibility index (Phi) is 2.50. The van der Waals surface area contributed by atoms with E-state index in [1.807, 2.05) is 0 Å². The minimum atomic E-state index is -0.456. The molecule has 0 radical (unpaired) electrons. The monoisotopic (exact) mass is 270 g/mol. The van der Waals surface area contributed by atoms with Crippen LogP contribution in [0.2, 0.25) is 0 Å². The predicted octanol–water partition coefficient (Wildman–Crippen LogP) is 4.40. The van der Waals surface area contributed by atoms with Gasteiger partial charge < -0.3 is 5.11 Å². The summed E-state index contributed by atoms with van der Waals surface area (Å²) in [6.07, 6.45) is 18.5. The molecule has 0 bridgehead atoms. The summed E-state index contributed by atoms with van der Waals surface area (Å²) in [6, 6.07) is 0. The summed E-state index contributed by atoms with van der Waals surface area (Å²) in [6.45, 7) is 4.75. The molecule has 2 saturated carbocycles. The molecule has 1 heteroatoms. The average molecular weight is 270 g/mol. The Morgan fingerprint density at radius 1 is 1.20 bits per heavy atom. The van der Waals surface area contributed by atoms with Crippen molar-refractivity contribution < 1.29 is 5.11 Å². The second-order valence-electron chi connectivity index (χ2n) is 8.04. The van der Waals surface area contributed by atoms with Crippen LogP contribution in [0.15, 0.2) is 36.0 Å². The van der Waals surface area contributed by atoms with Crippen LogP contribution in [0.25, 0.3) is 0 Å². The zero-order valence-corrected chi connectivity index (χ0v) is 12.7. The fourth-order valence-electron chi connectivity index (χ4n) is 5.78. The molecule has 0 aromatic rings. The molecule has 1 N–H and O–H groups in total. The first-order chi connectivity index (χ1) is 9.50. The van der Waals surface area contributed by atoms with Crippen molar-refractivity contribution in [2.75, 3.05) is 0 Å². The lowest BCUT2D eigenvalue weighted by Crippen LogP contribution is -2.57. The van der Waals surface area contributed by atoms with Crippen LogP contribution >= 0.6 is 0 Å². The summed E-state index contributed by atoms with van der Waals surface area (Å²) in [5.74, 6) is 0.970. The molecule has 0 aliphatic heterocycles. The molecule has 0 saturated heterocycles. The highest BCUT2D eigenvalue weighted by molar-refractivity contribution is 5.40. The lowest BCUT2D eigenvalue weighted by atomic mass is 9.48. The van der Waals surface area contributed by atoms with Crippen LogP contribution in [0.5, 0.6) is 0 Å². The number of fused-ring (bicyclic) bond motifs is 5. The van der Waals surface area contributed by atoms with Gasteiger partial charge in [-0.3, -0.25) is 0 Å². The molecule has 4 aliphatic carbocycles. The quantitative estimate of drug-likeness (QED) is 0.692. The number of aliphatic hydroxyl groups is 1. The van der Waals surface area contributed by atoms with Crippen LogP contribution in [0.1, 0.15) is 52.4 Å². The maximum atomic E-state index is 11.5. The molecule has 0 aromatic carbocycles. The molecule has 0 amide bonds. The van der Waals surface area contributed by atoms with Crippen molar-refractivity contribution in [1.29, 1.82) is 0 Å². The van der Waals surface area contributed by atoms with Gasteiger partial charge >= 0.3 is 0 Å². The summed E-state index contributed by atoms with van der Waals surface area (Å²) in [5.41, 5.74) is 1.42. The summed E-state index contributed by atoms with van der Waals surface area (Å²) >= 11 is 0. The van der Waals surface area contributed by atoms with Crippen LogP contribution in [-0.2, 0) is 0 Å². The Labute approximate surface area is 122 Å². The van der Waals surface area contributed by atoms with E-state index >= 15 is 0 Å². The summed E-state index contributed by atoms with van der Waals surface area (Å²) in [5, 5.41) is 11.5. The maximum absolute atomic E-state index is 11.5. The zero-order chi connectivity index (χ0) is 14.0. The molecule has 20 heavy (non-hydrogen) atoms. The van der Waals surface area contributed by atoms with Crippen LogP contribution in [0.3, 0.4) is 0 Å². The largest absolute Gasteiger partial charge is 0.389 e. The van der Waals surface area contributed by atoms with Gasteiger partial charge in [0.2, 0.25) is 0 Å². The van der Waals surface area contributed by atoms with E-state index in [0.717, 1.165) is 12.8 Å². The number of rotatable bonds is 0. The van der Waals surface area contributed by atoms with E-state index in [4.69, 9.17) is 0 Å². The molecule has 0 spiro atoms. The Balaban J connectivity index is 1.81. The van der Waals surface area contributed by atoms with Gasteiger partial charge in [0.1, 0.15) is 0 Å². The summed E-state index contributed by atoms with van der Waals surface area (Å²) in [7, 11) is 0. The van der Waals surface area contributed by atoms with E-state index in [1.165, 1.54) is 31.3 Å². The lowest BCUT2D eigenvalue weighted by Gasteiger charge is -2.58. The highest BCUT2D eigenvalue weighted by atomic mass is 16.3. The third kappa shape index (κ3) is 1.38. The molecule has 4 rings (SSSR count). The van der Waals surface area contributed by atoms with Crippen LogP contribution in [0.4, 0.5) is 0 Å². The van der Waals surface area contributed by atoms with Gasteiger partial charge in [-0.2, -0.15) is 0 Å². The summed E-state index contributed by atoms with van der Waals surface area (Å²) in [4.78, 5) is 0. The standard InChI is InChI=1S/C19H26O/c1-17-10-5-12-19(17,20)16-8-7-14-6-3-4-11-18(14,2)15(16)9-13-17/h3-4,6-8,15-16,20H,5,9-13H2,1-2H3/t15-,16+,17-,18-,19-/m0/s1. The summed E-state index contributed by atoms with van der Waals surface area (Å²) < 4.78 is 0. The van der Waals surface area contributed by atoms with E-state index in [-0.39, 0.29) is 10.8 Å². The van der Waals surface area contributed by atoms with Crippen LogP contribution in [0, 0.1) is 22.7 Å². The van der Waals surface area contributed by atoms with Crippen molar-refractivity contribution in [2.24, 2.45) is 22.7 Å². The van der Waals surface area contributed by atoms with Gasteiger partial charge in [0.05, 0.1) is 5.60 Å². The van der Waals surface area contributed by atoms with Gasteiger partial charge in [-0.05, 0) is 60.8 Å². The maximum Gasteiger partial charge on any atom is 0.0766 e. The second-order valence-corrected chi connectivity index (χ2v) is 8.04. The molecule has 108 valence electrons. The number of allylic oxidation sites excluding steroid dienone is 5. The topological polar surface area (TPSA) is 20.2 Å². The van der Waals surface area contributed by atoms with Gasteiger partial charge in [-0.15, -0.1) is 0 Å². The Bertz CT molecular complexity index is 528. The minimum Gasteiger partial charge on any atom is -0.389 e. The van der Waals surface area contributed by atoms with Gasteiger partial charge in [0.15, 0.2) is 0 Å². The van der Waals surface area contributed by atoms with E-state index < -0.39 is 5.60 Å². The smallest absolute Gasteiger partial charge is 0.0766 e. The average Bonchev–Trinajstić information content (AvgIpc) is 2.74. The highest BCUT2D eigenvalue weighted by Gasteiger charge is 2.62. The molecule has 1 nitrogen and oxygen atoms in total. The number of hydrogen-bond donors (Lipinski definition) is 1. The van der Waals surface area contributed by atoms with E-state index in [9.17, 15) is 5.11 Å². The van der Waals surface area contributed by atoms with E-state index in [0.29, 0.717) is 11.8 Å². The van der Waals surface area contributed by atoms with Crippen LogP contribution < -0.4 is 0 Å². The van der Waals surface area contributed by atoms with E-state index in [2.05, 4.69) is 44.2 Å². The van der Waals surface area contributed by atoms with Gasteiger partial charge in [0.25, 0.3) is 0 Å². The SMILES string of the molecule is C[C@@]12CCC[C@]1(O)[C@@H]1C=CC3=CC=CC[C@]3(C)[C@H]1CC2. The molecule has 2 fully saturated rings. The van der Waals surface area contributed by atoms with Gasteiger partial charge in [-0.1, -0.05) is 44.2 Å². The molecular formula is C19H26O. The second kappa shape index (κ2) is 3.88. The highest BCUT2D eigenvalue weighted by Crippen LogP contribution is 2.64. The first-order valence-corrected chi connectivity index (χ1v) is 8.28. The van der Waals surface area contributed by atoms with Crippen molar-refractivity contribution in [3.63, 3.8) is 0 Å². The minimum absolute atomic E-state index is 0.153. The van der Waals surface area contributed by atoms with Crippen LogP contribution in [-0.4, -0.2) is 10.7 Å². The van der Waals surface area contributed by atoms with Gasteiger partial charge in [0, 0.05) is 5.92 Å². The zero-order valence-electron chi connectivity index (χ0n) is 12.7. The molecule has 5 atom stereocenters. The van der Waals surface area contributed by atoms with Crippen molar-refractivity contribution in [3.05, 3.63) is 36.0 Å². The van der Waals surface area contributed by atoms with Crippen molar-refractivity contribution in [1.82, 2.24) is 0 Å². The van der Waals surface area contributed by atoms with Gasteiger partial charge in [-0.25, -0.2) is 0 Å². The molecule has 0 aromatic heterocycles. The Hall–Kier alpha value is -0.820. The van der Waals surface area contributed by atoms with Crippen molar-refractivity contribution >= 4 is 0 Å². The molecule has 4 aliphatic rings. The third-order valence-corrected chi connectivity index (χ3v) is 7.24. The fraction of sp³-hybridized carbons (Fsp3) is 0.684. The number of hydrogen-bond acceptors (Lipinski definition) is 1. The third-order valence-electron chi connectivity index (χ3n) is 7.24. The lowest BCUT2D eigenvalue weighted by molar-refractivity contribution is -0.147. The first-order valence-electron chi connectivity index (χ1n) is 8.28.